The molecule has 2 aromatic heterocycles. The number of ether oxygens (including phenoxy) is 1. The third-order valence-electron chi connectivity index (χ3n) is 3.22. The average Bonchev–Trinajstić information content (AvgIpc) is 3.13. The first kappa shape index (κ1) is 14.3. The van der Waals surface area contributed by atoms with Crippen LogP contribution in [0, 0.1) is 0 Å². The minimum Gasteiger partial charge on any atom is -0.462 e. The second kappa shape index (κ2) is 6.03. The van der Waals surface area contributed by atoms with Gasteiger partial charge in [-0.1, -0.05) is 18.2 Å². The Labute approximate surface area is 130 Å². The van der Waals surface area contributed by atoms with Gasteiger partial charge in [0.1, 0.15) is 5.00 Å². The number of para-hydroxylation sites is 1. The number of aromatic amines is 1. The lowest BCUT2D eigenvalue weighted by molar-refractivity contribution is 0.0528. The van der Waals surface area contributed by atoms with E-state index >= 15 is 0 Å². The van der Waals surface area contributed by atoms with Crippen molar-refractivity contribution in [2.24, 2.45) is 0 Å². The highest BCUT2D eigenvalue weighted by atomic mass is 32.1. The van der Waals surface area contributed by atoms with E-state index in [4.69, 9.17) is 4.74 Å². The summed E-state index contributed by atoms with van der Waals surface area (Å²) in [7, 11) is 0. The molecule has 112 valence electrons. The van der Waals surface area contributed by atoms with E-state index in [1.54, 1.807) is 24.6 Å². The van der Waals surface area contributed by atoms with Crippen LogP contribution in [-0.4, -0.2) is 23.5 Å². The summed E-state index contributed by atoms with van der Waals surface area (Å²) in [5, 5.41) is 5.87. The second-order valence-electron chi connectivity index (χ2n) is 4.59. The van der Waals surface area contributed by atoms with E-state index in [0.29, 0.717) is 22.7 Å². The van der Waals surface area contributed by atoms with Crippen molar-refractivity contribution >= 4 is 39.1 Å². The van der Waals surface area contributed by atoms with Crippen molar-refractivity contribution in [2.75, 3.05) is 11.9 Å². The monoisotopic (exact) mass is 314 g/mol. The van der Waals surface area contributed by atoms with Crippen LogP contribution >= 0.6 is 11.3 Å². The van der Waals surface area contributed by atoms with Crippen molar-refractivity contribution in [3.63, 3.8) is 0 Å². The van der Waals surface area contributed by atoms with Crippen molar-refractivity contribution in [1.29, 1.82) is 0 Å². The topological polar surface area (TPSA) is 71.2 Å². The third kappa shape index (κ3) is 2.60. The van der Waals surface area contributed by atoms with Crippen LogP contribution in [0.4, 0.5) is 5.00 Å². The number of amides is 1. The van der Waals surface area contributed by atoms with Crippen LogP contribution in [0.15, 0.2) is 41.9 Å². The molecule has 0 saturated carbocycles. The zero-order valence-corrected chi connectivity index (χ0v) is 12.7. The first-order valence-corrected chi connectivity index (χ1v) is 7.70. The minimum absolute atomic E-state index is 0.259. The number of H-pyrrole nitrogens is 1. The van der Waals surface area contributed by atoms with Gasteiger partial charge in [0.25, 0.3) is 5.91 Å². The minimum atomic E-state index is -0.432. The normalized spacial score (nSPS) is 10.6. The Morgan fingerprint density at radius 3 is 2.86 bits per heavy atom. The summed E-state index contributed by atoms with van der Waals surface area (Å²) in [6, 6.07) is 9.21. The molecule has 2 N–H and O–H groups in total. The van der Waals surface area contributed by atoms with Crippen LogP contribution in [0.3, 0.4) is 0 Å². The molecule has 0 aliphatic rings. The fourth-order valence-corrected chi connectivity index (χ4v) is 2.98. The van der Waals surface area contributed by atoms with Gasteiger partial charge in [0.2, 0.25) is 0 Å². The van der Waals surface area contributed by atoms with Gasteiger partial charge in [-0.15, -0.1) is 11.3 Å². The molecular weight excluding hydrogens is 300 g/mol. The Kier molecular flexibility index (Phi) is 3.93. The molecule has 5 nitrogen and oxygen atoms in total. The molecule has 0 bridgehead atoms. The quantitative estimate of drug-likeness (QED) is 0.722. The Morgan fingerprint density at radius 2 is 2.05 bits per heavy atom. The zero-order chi connectivity index (χ0) is 15.5. The number of anilines is 1. The molecule has 0 spiro atoms. The van der Waals surface area contributed by atoms with Gasteiger partial charge in [-0.3, -0.25) is 4.79 Å². The maximum Gasteiger partial charge on any atom is 0.341 e. The number of thiophene rings is 1. The largest absolute Gasteiger partial charge is 0.462 e. The summed E-state index contributed by atoms with van der Waals surface area (Å²) in [4.78, 5) is 27.3. The maximum absolute atomic E-state index is 12.4. The van der Waals surface area contributed by atoms with Crippen LogP contribution in [0.25, 0.3) is 10.9 Å². The maximum atomic E-state index is 12.4. The van der Waals surface area contributed by atoms with Gasteiger partial charge in [0, 0.05) is 17.1 Å². The van der Waals surface area contributed by atoms with Gasteiger partial charge >= 0.3 is 5.97 Å². The van der Waals surface area contributed by atoms with Crippen molar-refractivity contribution in [2.45, 2.75) is 6.92 Å². The molecule has 1 aromatic carbocycles. The van der Waals surface area contributed by atoms with E-state index in [1.165, 1.54) is 11.3 Å². The molecule has 0 radical (unpaired) electrons. The predicted octanol–water partition coefficient (Wildman–Crippen LogP) is 3.66. The molecule has 0 fully saturated rings. The number of benzene rings is 1. The third-order valence-corrected chi connectivity index (χ3v) is 4.05. The molecule has 22 heavy (non-hydrogen) atoms. The van der Waals surface area contributed by atoms with E-state index in [2.05, 4.69) is 10.3 Å². The highest BCUT2D eigenvalue weighted by Crippen LogP contribution is 2.26. The van der Waals surface area contributed by atoms with E-state index < -0.39 is 5.97 Å². The fraction of sp³-hybridized carbons (Fsp3) is 0.125. The van der Waals surface area contributed by atoms with Gasteiger partial charge in [-0.05, 0) is 24.4 Å². The van der Waals surface area contributed by atoms with E-state index in [-0.39, 0.29) is 5.91 Å². The Morgan fingerprint density at radius 1 is 1.23 bits per heavy atom. The number of hydrogen-bond acceptors (Lipinski definition) is 4. The molecule has 6 heteroatoms. The molecule has 3 rings (SSSR count). The second-order valence-corrected chi connectivity index (χ2v) is 5.50. The molecule has 0 aliphatic heterocycles. The lowest BCUT2D eigenvalue weighted by Crippen LogP contribution is -2.13. The molecule has 2 heterocycles. The standard InChI is InChI=1S/C16H14N2O3S/c1-2-21-16(20)11-7-8-22-15(11)18-14(19)12-9-17-13-6-4-3-5-10(12)13/h3-9,17H,2H2,1H3,(H,18,19). The number of aromatic nitrogens is 1. The van der Waals surface area contributed by atoms with Gasteiger partial charge < -0.3 is 15.0 Å². The van der Waals surface area contributed by atoms with Crippen LogP contribution in [0.2, 0.25) is 0 Å². The number of carbonyl (C=O) groups is 2. The summed E-state index contributed by atoms with van der Waals surface area (Å²) >= 11 is 1.29. The van der Waals surface area contributed by atoms with E-state index in [9.17, 15) is 9.59 Å². The molecule has 0 unspecified atom stereocenters. The van der Waals surface area contributed by atoms with Crippen LogP contribution in [0.1, 0.15) is 27.6 Å². The number of carbonyl (C=O) groups excluding carboxylic acids is 2. The molecule has 1 amide bonds. The van der Waals surface area contributed by atoms with Crippen molar-refractivity contribution in [3.8, 4) is 0 Å². The number of nitrogens with one attached hydrogen (secondary N) is 2. The number of hydrogen-bond donors (Lipinski definition) is 2. The highest BCUT2D eigenvalue weighted by Gasteiger charge is 2.18. The average molecular weight is 314 g/mol. The Balaban J connectivity index is 1.86. The molecule has 3 aromatic rings. The summed E-state index contributed by atoms with van der Waals surface area (Å²) in [5.74, 6) is -0.691. The van der Waals surface area contributed by atoms with Crippen LogP contribution < -0.4 is 5.32 Å². The van der Waals surface area contributed by atoms with Crippen molar-refractivity contribution in [1.82, 2.24) is 4.98 Å². The lowest BCUT2D eigenvalue weighted by atomic mass is 10.1. The molecule has 0 saturated heterocycles. The predicted molar refractivity (Wildman–Crippen MR) is 86.5 cm³/mol. The Hall–Kier alpha value is -2.60. The van der Waals surface area contributed by atoms with E-state index in [0.717, 1.165) is 10.9 Å². The van der Waals surface area contributed by atoms with Crippen LogP contribution in [-0.2, 0) is 4.74 Å². The van der Waals surface area contributed by atoms with Crippen LogP contribution in [0.5, 0.6) is 0 Å². The first-order valence-electron chi connectivity index (χ1n) is 6.82. The Bertz CT molecular complexity index is 835. The smallest absolute Gasteiger partial charge is 0.341 e. The highest BCUT2D eigenvalue weighted by molar-refractivity contribution is 7.14. The molecular formula is C16H14N2O3S. The van der Waals surface area contributed by atoms with E-state index in [1.807, 2.05) is 24.3 Å². The molecule has 0 aliphatic carbocycles. The van der Waals surface area contributed by atoms with Gasteiger partial charge in [-0.2, -0.15) is 0 Å². The van der Waals surface area contributed by atoms with Gasteiger partial charge in [0.05, 0.1) is 17.7 Å². The fourth-order valence-electron chi connectivity index (χ4n) is 2.21. The summed E-state index contributed by atoms with van der Waals surface area (Å²) in [6.45, 7) is 2.04. The first-order chi connectivity index (χ1) is 10.7. The van der Waals surface area contributed by atoms with Gasteiger partial charge in [0.15, 0.2) is 0 Å². The number of fused-ring (bicyclic) bond motifs is 1. The zero-order valence-electron chi connectivity index (χ0n) is 11.9. The van der Waals surface area contributed by atoms with Crippen molar-refractivity contribution < 1.29 is 14.3 Å². The number of rotatable bonds is 4. The van der Waals surface area contributed by atoms with Gasteiger partial charge in [-0.25, -0.2) is 4.79 Å². The molecule has 0 atom stereocenters. The summed E-state index contributed by atoms with van der Waals surface area (Å²) in [6.07, 6.45) is 1.66. The summed E-state index contributed by atoms with van der Waals surface area (Å²) < 4.78 is 4.98. The summed E-state index contributed by atoms with van der Waals surface area (Å²) in [5.41, 5.74) is 1.81. The lowest BCUT2D eigenvalue weighted by Gasteiger charge is -2.05. The number of esters is 1. The SMILES string of the molecule is CCOC(=O)c1ccsc1NC(=O)c1c[nH]c2ccccc12. The van der Waals surface area contributed by atoms with Crippen molar-refractivity contribution in [3.05, 3.63) is 53.0 Å².